The second-order valence-corrected chi connectivity index (χ2v) is 12.9. The zero-order valence-corrected chi connectivity index (χ0v) is 24.8. The number of aromatic nitrogens is 1. The molecule has 2 aromatic rings. The first-order valence-corrected chi connectivity index (χ1v) is 14.9. The van der Waals surface area contributed by atoms with Crippen LogP contribution in [0.3, 0.4) is 0 Å². The van der Waals surface area contributed by atoms with Crippen LogP contribution in [0.5, 0.6) is 11.6 Å². The lowest BCUT2D eigenvalue weighted by Crippen LogP contribution is -2.66. The summed E-state index contributed by atoms with van der Waals surface area (Å²) in [5.41, 5.74) is -2.37. The van der Waals surface area contributed by atoms with Crippen LogP contribution in [0.4, 0.5) is 4.79 Å². The molecule has 11 nitrogen and oxygen atoms in total. The van der Waals surface area contributed by atoms with Gasteiger partial charge < -0.3 is 30.3 Å². The van der Waals surface area contributed by atoms with Crippen LogP contribution in [0.25, 0.3) is 10.8 Å². The molecule has 4 N–H and O–H groups in total. The highest BCUT2D eigenvalue weighted by molar-refractivity contribution is 5.93. The van der Waals surface area contributed by atoms with E-state index in [1.807, 2.05) is 52.0 Å². The van der Waals surface area contributed by atoms with Gasteiger partial charge in [0.05, 0.1) is 19.2 Å². The molecule has 1 aromatic carbocycles. The first-order valence-electron chi connectivity index (χ1n) is 14.9. The smallest absolute Gasteiger partial charge is 0.408 e. The Morgan fingerprint density at radius 2 is 1.90 bits per heavy atom. The highest BCUT2D eigenvalue weighted by atomic mass is 16.5. The summed E-state index contributed by atoms with van der Waals surface area (Å²) in [5, 5.41) is 28.7. The monoisotopic (exact) mass is 582 g/mol. The average Bonchev–Trinajstić information content (AvgIpc) is 3.87. The summed E-state index contributed by atoms with van der Waals surface area (Å²) >= 11 is 0. The number of aliphatic hydroxyl groups excluding tert-OH is 1. The topological polar surface area (TPSA) is 150 Å². The van der Waals surface area contributed by atoms with Crippen LogP contribution in [0.2, 0.25) is 0 Å². The molecule has 0 radical (unpaired) electrons. The first-order chi connectivity index (χ1) is 19.9. The summed E-state index contributed by atoms with van der Waals surface area (Å²) in [6, 6.07) is 6.65. The van der Waals surface area contributed by atoms with E-state index in [2.05, 4.69) is 15.6 Å². The molecule has 1 unspecified atom stereocenters. The van der Waals surface area contributed by atoms with Gasteiger partial charge in [0.25, 0.3) is 5.91 Å². The number of hydrogen-bond donors (Lipinski definition) is 4. The number of fused-ring (bicyclic) bond motifs is 1. The molecule has 2 heterocycles. The molecule has 5 rings (SSSR count). The molecule has 2 saturated carbocycles. The lowest BCUT2D eigenvalue weighted by Gasteiger charge is -2.45. The van der Waals surface area contributed by atoms with Crippen molar-refractivity contribution in [3.8, 4) is 11.6 Å². The second kappa shape index (κ2) is 11.6. The minimum absolute atomic E-state index is 0.0485. The predicted molar refractivity (Wildman–Crippen MR) is 155 cm³/mol. The van der Waals surface area contributed by atoms with E-state index < -0.39 is 47.1 Å². The zero-order valence-electron chi connectivity index (χ0n) is 24.8. The minimum Gasteiger partial charge on any atom is -0.494 e. The van der Waals surface area contributed by atoms with E-state index in [-0.39, 0.29) is 19.0 Å². The van der Waals surface area contributed by atoms with Gasteiger partial charge in [0.2, 0.25) is 11.8 Å². The number of hydrogen-bond acceptors (Lipinski definition) is 7. The summed E-state index contributed by atoms with van der Waals surface area (Å²) in [4.78, 5) is 45.3. The van der Waals surface area contributed by atoms with E-state index in [0.717, 1.165) is 47.1 Å². The molecule has 11 heteroatoms. The van der Waals surface area contributed by atoms with Gasteiger partial charge in [-0.05, 0) is 67.2 Å². The number of carboxylic acid groups (broad SMARTS) is 1. The van der Waals surface area contributed by atoms with Gasteiger partial charge in [0.1, 0.15) is 17.4 Å². The normalized spacial score (nSPS) is 23.7. The Balaban J connectivity index is 1.41. The SMILES string of the molecule is CCOc1ccc2c(O[C@H]3CN(C(=O)O)[C@](C(=O)N[C@@H](CC4CC4)C(O)C(=O)NC4CC4)(C(C)(C)C)C3)nccc2c1. The number of carbonyl (C=O) groups excluding carboxylic acids is 2. The van der Waals surface area contributed by atoms with E-state index in [0.29, 0.717) is 24.8 Å². The van der Waals surface area contributed by atoms with Crippen molar-refractivity contribution in [2.45, 2.75) is 96.1 Å². The Kier molecular flexibility index (Phi) is 8.24. The maximum Gasteiger partial charge on any atom is 0.408 e. The number of ether oxygens (including phenoxy) is 2. The Morgan fingerprint density at radius 3 is 2.52 bits per heavy atom. The fraction of sp³-hybridized carbons (Fsp3) is 0.613. The lowest BCUT2D eigenvalue weighted by molar-refractivity contribution is -0.141. The van der Waals surface area contributed by atoms with Gasteiger partial charge in [-0.3, -0.25) is 14.5 Å². The van der Waals surface area contributed by atoms with Crippen molar-refractivity contribution in [2.75, 3.05) is 13.2 Å². The molecular formula is C31H42N4O7. The van der Waals surface area contributed by atoms with Crippen molar-refractivity contribution in [1.82, 2.24) is 20.5 Å². The molecule has 1 saturated heterocycles. The van der Waals surface area contributed by atoms with E-state index in [1.54, 1.807) is 6.20 Å². The number of aliphatic hydroxyl groups is 1. The largest absolute Gasteiger partial charge is 0.494 e. The number of rotatable bonds is 11. The van der Waals surface area contributed by atoms with Gasteiger partial charge in [-0.1, -0.05) is 33.6 Å². The van der Waals surface area contributed by atoms with Crippen LogP contribution < -0.4 is 20.1 Å². The van der Waals surface area contributed by atoms with E-state index in [9.17, 15) is 24.6 Å². The quantitative estimate of drug-likeness (QED) is 0.315. The van der Waals surface area contributed by atoms with Crippen molar-refractivity contribution in [2.24, 2.45) is 11.3 Å². The molecule has 42 heavy (non-hydrogen) atoms. The number of amides is 3. The maximum absolute atomic E-state index is 14.3. The van der Waals surface area contributed by atoms with Gasteiger partial charge in [-0.15, -0.1) is 0 Å². The molecule has 4 atom stereocenters. The molecular weight excluding hydrogens is 540 g/mol. The molecule has 2 aliphatic carbocycles. The Bertz CT molecular complexity index is 1340. The zero-order chi connectivity index (χ0) is 30.2. The fourth-order valence-corrected chi connectivity index (χ4v) is 6.05. The summed E-state index contributed by atoms with van der Waals surface area (Å²) in [7, 11) is 0. The summed E-state index contributed by atoms with van der Waals surface area (Å²) < 4.78 is 11.9. The number of pyridine rings is 1. The molecule has 0 bridgehead atoms. The molecule has 0 spiro atoms. The van der Waals surface area contributed by atoms with Gasteiger partial charge in [-0.2, -0.15) is 0 Å². The molecule has 228 valence electrons. The Morgan fingerprint density at radius 1 is 1.17 bits per heavy atom. The van der Waals surface area contributed by atoms with Crippen molar-refractivity contribution in [1.29, 1.82) is 0 Å². The van der Waals surface area contributed by atoms with Crippen molar-refractivity contribution >= 4 is 28.7 Å². The Hall–Kier alpha value is -3.60. The van der Waals surface area contributed by atoms with Gasteiger partial charge in [-0.25, -0.2) is 9.78 Å². The van der Waals surface area contributed by atoms with Crippen LogP contribution in [-0.2, 0) is 9.59 Å². The summed E-state index contributed by atoms with van der Waals surface area (Å²) in [5.74, 6) is 0.317. The number of carbonyl (C=O) groups is 3. The number of nitrogens with zero attached hydrogens (tertiary/aromatic N) is 2. The predicted octanol–water partition coefficient (Wildman–Crippen LogP) is 3.47. The number of benzene rings is 1. The molecule has 3 amide bonds. The van der Waals surface area contributed by atoms with Crippen molar-refractivity contribution < 1.29 is 34.1 Å². The van der Waals surface area contributed by atoms with Crippen LogP contribution >= 0.6 is 0 Å². The standard InChI is InChI=1S/C31H42N4O7/c1-5-41-21-10-11-23-19(15-21)12-13-32-27(23)42-22-16-31(30(2,3)4,35(17-22)29(39)40)28(38)34-24(14-18-6-7-18)25(36)26(37)33-20-8-9-20/h10-13,15,18,20,22,24-25,36H,5-9,14,16-17H2,1-4H3,(H,33,37)(H,34,38)(H,39,40)/t22-,24+,25?,31-/m1/s1. The fourth-order valence-electron chi connectivity index (χ4n) is 6.05. The van der Waals surface area contributed by atoms with E-state index >= 15 is 0 Å². The molecule has 3 fully saturated rings. The third kappa shape index (κ3) is 6.11. The average molecular weight is 583 g/mol. The third-order valence-electron chi connectivity index (χ3n) is 8.68. The van der Waals surface area contributed by atoms with E-state index in [4.69, 9.17) is 9.47 Å². The minimum atomic E-state index is -1.52. The number of nitrogens with one attached hydrogen (secondary N) is 2. The Labute approximate surface area is 246 Å². The second-order valence-electron chi connectivity index (χ2n) is 12.9. The number of likely N-dealkylation sites (tertiary alicyclic amines) is 1. The summed E-state index contributed by atoms with van der Waals surface area (Å²) in [6.07, 6.45) is 2.48. The third-order valence-corrected chi connectivity index (χ3v) is 8.68. The molecule has 1 aliphatic heterocycles. The van der Waals surface area contributed by atoms with Crippen LogP contribution in [0.1, 0.15) is 66.2 Å². The maximum atomic E-state index is 14.3. The lowest BCUT2D eigenvalue weighted by atomic mass is 9.70. The highest BCUT2D eigenvalue weighted by Gasteiger charge is 2.61. The van der Waals surface area contributed by atoms with Crippen molar-refractivity contribution in [3.05, 3.63) is 30.5 Å². The van der Waals surface area contributed by atoms with Gasteiger partial charge in [0, 0.05) is 24.0 Å². The van der Waals surface area contributed by atoms with Crippen molar-refractivity contribution in [3.63, 3.8) is 0 Å². The van der Waals surface area contributed by atoms with E-state index in [1.165, 1.54) is 0 Å². The van der Waals surface area contributed by atoms with Crippen LogP contribution in [0, 0.1) is 11.3 Å². The summed E-state index contributed by atoms with van der Waals surface area (Å²) in [6.45, 7) is 7.86. The van der Waals surface area contributed by atoms with Crippen LogP contribution in [-0.4, -0.2) is 81.0 Å². The highest BCUT2D eigenvalue weighted by Crippen LogP contribution is 2.46. The van der Waals surface area contributed by atoms with Crippen LogP contribution in [0.15, 0.2) is 30.5 Å². The first kappa shape index (κ1) is 29.9. The van der Waals surface area contributed by atoms with Gasteiger partial charge >= 0.3 is 6.09 Å². The van der Waals surface area contributed by atoms with Gasteiger partial charge in [0.15, 0.2) is 6.10 Å². The molecule has 1 aromatic heterocycles. The molecule has 3 aliphatic rings.